The van der Waals surface area contributed by atoms with E-state index < -0.39 is 0 Å². The normalized spacial score (nSPS) is 12.2. The van der Waals surface area contributed by atoms with E-state index in [4.69, 9.17) is 23.2 Å². The molecule has 1 amide bonds. The topological polar surface area (TPSA) is 45.7 Å². The van der Waals surface area contributed by atoms with E-state index in [0.29, 0.717) is 28.2 Å². The van der Waals surface area contributed by atoms with Crippen LogP contribution in [0, 0.1) is 5.92 Å². The van der Waals surface area contributed by atoms with Gasteiger partial charge in [0, 0.05) is 11.5 Å². The lowest BCUT2D eigenvalue weighted by Crippen LogP contribution is -2.88. The fourth-order valence-electron chi connectivity index (χ4n) is 2.50. The van der Waals surface area contributed by atoms with Crippen LogP contribution >= 0.6 is 23.2 Å². The van der Waals surface area contributed by atoms with Gasteiger partial charge in [0.1, 0.15) is 6.04 Å². The van der Waals surface area contributed by atoms with E-state index in [0.717, 1.165) is 0 Å². The third-order valence-electron chi connectivity index (χ3n) is 3.69. The molecular weight excluding hydrogens is 331 g/mol. The standard InChI is InChI=1S/C18H20Cl2N2O/c1-12(2)18(13-7-4-3-5-8-13)21-11-16(23)22-15-10-6-9-14(19)17(15)20/h3-10,12,18,21H,11H2,1-2H3,(H,22,23)/p+1/t18-/m1/s1. The van der Waals surface area contributed by atoms with E-state index >= 15 is 0 Å². The Balaban J connectivity index is 1.98. The van der Waals surface area contributed by atoms with Crippen molar-refractivity contribution in [2.75, 3.05) is 11.9 Å². The summed E-state index contributed by atoms with van der Waals surface area (Å²) in [6.07, 6.45) is 0. The van der Waals surface area contributed by atoms with Crippen molar-refractivity contribution in [1.29, 1.82) is 0 Å². The number of benzene rings is 2. The molecule has 122 valence electrons. The molecule has 3 nitrogen and oxygen atoms in total. The predicted octanol–water partition coefficient (Wildman–Crippen LogP) is 3.89. The third kappa shape index (κ3) is 4.96. The Hall–Kier alpha value is -1.55. The molecule has 1 atom stereocenters. The number of quaternary nitrogens is 1. The maximum Gasteiger partial charge on any atom is 0.279 e. The van der Waals surface area contributed by atoms with Gasteiger partial charge in [0.15, 0.2) is 6.54 Å². The number of anilines is 1. The summed E-state index contributed by atoms with van der Waals surface area (Å²) in [7, 11) is 0. The van der Waals surface area contributed by atoms with Crippen LogP contribution in [0.2, 0.25) is 10.0 Å². The third-order valence-corrected chi connectivity index (χ3v) is 4.50. The number of amides is 1. The van der Waals surface area contributed by atoms with E-state index in [2.05, 4.69) is 31.3 Å². The number of carbonyl (C=O) groups is 1. The van der Waals surface area contributed by atoms with Gasteiger partial charge in [-0.05, 0) is 12.1 Å². The molecule has 0 aliphatic carbocycles. The van der Waals surface area contributed by atoms with Gasteiger partial charge >= 0.3 is 0 Å². The first-order valence-electron chi connectivity index (χ1n) is 7.61. The molecule has 2 aromatic rings. The van der Waals surface area contributed by atoms with Crippen LogP contribution in [-0.2, 0) is 4.79 Å². The average Bonchev–Trinajstić information content (AvgIpc) is 2.53. The van der Waals surface area contributed by atoms with Crippen LogP contribution in [0.15, 0.2) is 48.5 Å². The summed E-state index contributed by atoms with van der Waals surface area (Å²) in [5, 5.41) is 5.65. The van der Waals surface area contributed by atoms with Crippen molar-refractivity contribution < 1.29 is 10.1 Å². The highest BCUT2D eigenvalue weighted by atomic mass is 35.5. The van der Waals surface area contributed by atoms with Crippen molar-refractivity contribution in [3.8, 4) is 0 Å². The first-order valence-corrected chi connectivity index (χ1v) is 8.36. The van der Waals surface area contributed by atoms with Crippen LogP contribution in [0.25, 0.3) is 0 Å². The quantitative estimate of drug-likeness (QED) is 0.814. The van der Waals surface area contributed by atoms with Gasteiger partial charge < -0.3 is 10.6 Å². The fourth-order valence-corrected chi connectivity index (χ4v) is 2.85. The van der Waals surface area contributed by atoms with Gasteiger partial charge in [-0.15, -0.1) is 0 Å². The molecule has 0 unspecified atom stereocenters. The maximum absolute atomic E-state index is 12.2. The molecule has 2 aromatic carbocycles. The van der Waals surface area contributed by atoms with Crippen LogP contribution in [0.3, 0.4) is 0 Å². The molecule has 0 aliphatic heterocycles. The van der Waals surface area contributed by atoms with Crippen molar-refractivity contribution in [2.45, 2.75) is 19.9 Å². The summed E-state index contributed by atoms with van der Waals surface area (Å²) in [6.45, 7) is 4.63. The summed E-state index contributed by atoms with van der Waals surface area (Å²) in [6, 6.07) is 15.6. The van der Waals surface area contributed by atoms with Gasteiger partial charge in [-0.3, -0.25) is 4.79 Å². The average molecular weight is 352 g/mol. The van der Waals surface area contributed by atoms with E-state index in [1.165, 1.54) is 5.56 Å². The van der Waals surface area contributed by atoms with Gasteiger partial charge in [0.05, 0.1) is 15.7 Å². The second kappa shape index (κ2) is 8.34. The minimum atomic E-state index is -0.101. The molecule has 0 radical (unpaired) electrons. The first-order chi connectivity index (χ1) is 11.0. The van der Waals surface area contributed by atoms with Crippen LogP contribution in [0.1, 0.15) is 25.5 Å². The van der Waals surface area contributed by atoms with Crippen molar-refractivity contribution in [3.05, 3.63) is 64.1 Å². The predicted molar refractivity (Wildman–Crippen MR) is 95.9 cm³/mol. The van der Waals surface area contributed by atoms with Crippen molar-refractivity contribution >= 4 is 34.8 Å². The first kappa shape index (κ1) is 17.8. The van der Waals surface area contributed by atoms with Crippen LogP contribution < -0.4 is 10.6 Å². The number of nitrogens with one attached hydrogen (secondary N) is 1. The monoisotopic (exact) mass is 351 g/mol. The maximum atomic E-state index is 12.2. The van der Waals surface area contributed by atoms with E-state index in [9.17, 15) is 4.79 Å². The van der Waals surface area contributed by atoms with Gasteiger partial charge in [0.2, 0.25) is 0 Å². The molecule has 2 rings (SSSR count). The Morgan fingerprint density at radius 2 is 1.78 bits per heavy atom. The lowest BCUT2D eigenvalue weighted by atomic mass is 9.96. The SMILES string of the molecule is CC(C)[C@@H]([NH2+]CC(=O)Nc1cccc(Cl)c1Cl)c1ccccc1. The second-order valence-corrected chi connectivity index (χ2v) is 6.56. The summed E-state index contributed by atoms with van der Waals surface area (Å²) in [5.74, 6) is 0.315. The zero-order valence-electron chi connectivity index (χ0n) is 13.2. The molecule has 0 heterocycles. The highest BCUT2D eigenvalue weighted by Crippen LogP contribution is 2.29. The molecule has 0 aromatic heterocycles. The van der Waals surface area contributed by atoms with Crippen molar-refractivity contribution in [3.63, 3.8) is 0 Å². The Kier molecular flexibility index (Phi) is 6.46. The summed E-state index contributed by atoms with van der Waals surface area (Å²) < 4.78 is 0. The van der Waals surface area contributed by atoms with Crippen LogP contribution in [0.5, 0.6) is 0 Å². The van der Waals surface area contributed by atoms with E-state index in [1.54, 1.807) is 18.2 Å². The fraction of sp³-hybridized carbons (Fsp3) is 0.278. The largest absolute Gasteiger partial charge is 0.332 e. The zero-order chi connectivity index (χ0) is 16.8. The highest BCUT2D eigenvalue weighted by Gasteiger charge is 2.20. The number of hydrogen-bond donors (Lipinski definition) is 2. The lowest BCUT2D eigenvalue weighted by Gasteiger charge is -2.19. The Morgan fingerprint density at radius 3 is 2.43 bits per heavy atom. The Morgan fingerprint density at radius 1 is 1.09 bits per heavy atom. The number of rotatable bonds is 6. The zero-order valence-corrected chi connectivity index (χ0v) is 14.7. The molecule has 0 saturated carbocycles. The minimum absolute atomic E-state index is 0.101. The molecule has 0 bridgehead atoms. The van der Waals surface area contributed by atoms with Crippen molar-refractivity contribution in [2.24, 2.45) is 5.92 Å². The molecule has 0 fully saturated rings. The highest BCUT2D eigenvalue weighted by molar-refractivity contribution is 6.43. The molecule has 0 aliphatic rings. The molecular formula is C18H21Cl2N2O+. The molecule has 0 spiro atoms. The lowest BCUT2D eigenvalue weighted by molar-refractivity contribution is -0.692. The van der Waals surface area contributed by atoms with E-state index in [1.807, 2.05) is 23.5 Å². The van der Waals surface area contributed by atoms with Gasteiger partial charge in [-0.2, -0.15) is 0 Å². The number of hydrogen-bond acceptors (Lipinski definition) is 1. The van der Waals surface area contributed by atoms with Crippen LogP contribution in [0.4, 0.5) is 5.69 Å². The number of nitrogens with two attached hydrogens (primary N) is 1. The summed E-state index contributed by atoms with van der Waals surface area (Å²) in [5.41, 5.74) is 1.76. The van der Waals surface area contributed by atoms with Gasteiger partial charge in [-0.25, -0.2) is 0 Å². The smallest absolute Gasteiger partial charge is 0.279 e. The number of carbonyl (C=O) groups excluding carboxylic acids is 1. The summed E-state index contributed by atoms with van der Waals surface area (Å²) >= 11 is 12.0. The summed E-state index contributed by atoms with van der Waals surface area (Å²) in [4.78, 5) is 12.2. The number of halogens is 2. The Labute approximate surface area is 147 Å². The second-order valence-electron chi connectivity index (χ2n) is 5.77. The molecule has 23 heavy (non-hydrogen) atoms. The van der Waals surface area contributed by atoms with E-state index in [-0.39, 0.29) is 11.9 Å². The van der Waals surface area contributed by atoms with Crippen LogP contribution in [-0.4, -0.2) is 12.5 Å². The molecule has 0 saturated heterocycles. The Bertz CT molecular complexity index is 659. The molecule has 5 heteroatoms. The van der Waals surface area contributed by atoms with Gasteiger partial charge in [0.25, 0.3) is 5.91 Å². The van der Waals surface area contributed by atoms with Crippen molar-refractivity contribution in [1.82, 2.24) is 0 Å². The van der Waals surface area contributed by atoms with Gasteiger partial charge in [-0.1, -0.05) is 73.4 Å². The molecule has 3 N–H and O–H groups in total. The minimum Gasteiger partial charge on any atom is -0.332 e.